The van der Waals surface area contributed by atoms with Crippen LogP contribution in [0.3, 0.4) is 0 Å². The number of hydrogen-bond donors (Lipinski definition) is 1. The first-order valence-corrected chi connectivity index (χ1v) is 12.7. The molecule has 7 nitrogen and oxygen atoms in total. The summed E-state index contributed by atoms with van der Waals surface area (Å²) in [5.74, 6) is -0.427. The highest BCUT2D eigenvalue weighted by Crippen LogP contribution is 2.43. The summed E-state index contributed by atoms with van der Waals surface area (Å²) in [6, 6.07) is 14.2. The third-order valence-electron chi connectivity index (χ3n) is 6.51. The van der Waals surface area contributed by atoms with E-state index < -0.39 is 15.6 Å². The fourth-order valence-corrected chi connectivity index (χ4v) is 5.53. The Morgan fingerprint density at radius 2 is 1.70 bits per heavy atom. The van der Waals surface area contributed by atoms with E-state index in [0.29, 0.717) is 31.5 Å². The van der Waals surface area contributed by atoms with Gasteiger partial charge in [-0.25, -0.2) is 17.9 Å². The number of nitrogens with zero attached hydrogens (tertiary/aromatic N) is 1. The van der Waals surface area contributed by atoms with Crippen LogP contribution in [0.4, 0.5) is 0 Å². The number of ether oxygens (including phenoxy) is 1. The second-order valence-corrected chi connectivity index (χ2v) is 11.5. The summed E-state index contributed by atoms with van der Waals surface area (Å²) < 4.78 is 33.4. The van der Waals surface area contributed by atoms with Crippen molar-refractivity contribution in [3.63, 3.8) is 0 Å². The molecule has 1 fully saturated rings. The predicted octanol–water partition coefficient (Wildman–Crippen LogP) is 3.34. The number of rotatable bonds is 5. The van der Waals surface area contributed by atoms with Gasteiger partial charge >= 0.3 is 5.97 Å². The lowest BCUT2D eigenvalue weighted by molar-refractivity contribution is -0.135. The highest BCUT2D eigenvalue weighted by Gasteiger charge is 2.47. The first-order chi connectivity index (χ1) is 15.5. The molecule has 2 aliphatic heterocycles. The summed E-state index contributed by atoms with van der Waals surface area (Å²) in [6.45, 7) is 7.15. The van der Waals surface area contributed by atoms with Crippen molar-refractivity contribution in [1.82, 2.24) is 9.62 Å². The quantitative estimate of drug-likeness (QED) is 0.677. The Kier molecular flexibility index (Phi) is 6.09. The molecule has 1 saturated heterocycles. The first-order valence-electron chi connectivity index (χ1n) is 11.2. The van der Waals surface area contributed by atoms with Gasteiger partial charge in [-0.15, -0.1) is 0 Å². The third-order valence-corrected chi connectivity index (χ3v) is 7.99. The van der Waals surface area contributed by atoms with Gasteiger partial charge in [0.25, 0.3) is 0 Å². The summed E-state index contributed by atoms with van der Waals surface area (Å²) in [4.78, 5) is 26.8. The topological polar surface area (TPSA) is 92.8 Å². The summed E-state index contributed by atoms with van der Waals surface area (Å²) in [6.07, 6.45) is 1.14. The molecule has 176 valence electrons. The molecule has 2 aliphatic rings. The second kappa shape index (κ2) is 8.57. The molecule has 0 aromatic heterocycles. The van der Waals surface area contributed by atoms with Crippen LogP contribution in [0.5, 0.6) is 0 Å². The van der Waals surface area contributed by atoms with Gasteiger partial charge in [0.2, 0.25) is 15.9 Å². The maximum Gasteiger partial charge on any atom is 0.339 e. The van der Waals surface area contributed by atoms with Crippen molar-refractivity contribution in [3.8, 4) is 0 Å². The van der Waals surface area contributed by atoms with Crippen molar-refractivity contribution in [2.75, 3.05) is 19.6 Å². The summed E-state index contributed by atoms with van der Waals surface area (Å²) in [5.41, 5.74) is 1.82. The summed E-state index contributed by atoms with van der Waals surface area (Å²) in [5, 5.41) is 0. The lowest BCUT2D eigenvalue weighted by Crippen LogP contribution is -2.46. The number of piperidine rings is 1. The molecule has 2 aromatic carbocycles. The number of sulfonamides is 1. The number of carbonyl (C=O) groups is 2. The van der Waals surface area contributed by atoms with E-state index in [-0.39, 0.29) is 35.2 Å². The highest BCUT2D eigenvalue weighted by molar-refractivity contribution is 7.89. The maximum absolute atomic E-state index is 12.7. The number of benzene rings is 2. The molecule has 0 bridgehead atoms. The van der Waals surface area contributed by atoms with Gasteiger partial charge in [0.15, 0.2) is 0 Å². The van der Waals surface area contributed by atoms with E-state index >= 15 is 0 Å². The van der Waals surface area contributed by atoms with Crippen LogP contribution in [-0.2, 0) is 30.6 Å². The van der Waals surface area contributed by atoms with E-state index in [0.717, 1.165) is 11.1 Å². The maximum atomic E-state index is 12.7. The molecule has 2 aromatic rings. The Morgan fingerprint density at radius 1 is 1.06 bits per heavy atom. The zero-order valence-electron chi connectivity index (χ0n) is 19.3. The van der Waals surface area contributed by atoms with Crippen molar-refractivity contribution in [3.05, 3.63) is 65.2 Å². The van der Waals surface area contributed by atoms with Crippen molar-refractivity contribution in [1.29, 1.82) is 0 Å². The molecule has 1 spiro atoms. The summed E-state index contributed by atoms with van der Waals surface area (Å²) >= 11 is 0. The van der Waals surface area contributed by atoms with Crippen LogP contribution in [0.15, 0.2) is 53.4 Å². The Morgan fingerprint density at radius 3 is 2.33 bits per heavy atom. The monoisotopic (exact) mass is 470 g/mol. The standard InChI is InChI=1S/C25H30N2O5S/c1-24(2,3)18-8-10-19(11-9-18)33(30,31)26-15-12-22(28)27-16-13-25(14-17-27)21-7-5-4-6-20(21)23(29)32-25/h4-11,26H,12-17H2,1-3H3. The largest absolute Gasteiger partial charge is 0.450 e. The molecule has 1 N–H and O–H groups in total. The van der Waals surface area contributed by atoms with E-state index in [9.17, 15) is 18.0 Å². The second-order valence-electron chi connectivity index (χ2n) is 9.73. The summed E-state index contributed by atoms with van der Waals surface area (Å²) in [7, 11) is -3.68. The minimum atomic E-state index is -3.68. The molecule has 4 rings (SSSR count). The first kappa shape index (κ1) is 23.4. The van der Waals surface area contributed by atoms with Gasteiger partial charge in [0, 0.05) is 44.5 Å². The van der Waals surface area contributed by atoms with Crippen molar-refractivity contribution in [2.45, 2.75) is 55.9 Å². The zero-order chi connectivity index (χ0) is 23.9. The average molecular weight is 471 g/mol. The fraction of sp³-hybridized carbons (Fsp3) is 0.440. The Bertz CT molecular complexity index is 1160. The van der Waals surface area contributed by atoms with Crippen LogP contribution in [0, 0.1) is 0 Å². The predicted molar refractivity (Wildman–Crippen MR) is 124 cm³/mol. The Balaban J connectivity index is 1.30. The number of likely N-dealkylation sites (tertiary alicyclic amines) is 1. The molecule has 0 atom stereocenters. The zero-order valence-corrected chi connectivity index (χ0v) is 20.1. The molecule has 0 saturated carbocycles. The Hall–Kier alpha value is -2.71. The van der Waals surface area contributed by atoms with Crippen LogP contribution in [-0.4, -0.2) is 44.8 Å². The number of carbonyl (C=O) groups excluding carboxylic acids is 2. The van der Waals surface area contributed by atoms with E-state index in [1.165, 1.54) is 0 Å². The van der Waals surface area contributed by atoms with Crippen LogP contribution in [0.1, 0.15) is 61.5 Å². The third kappa shape index (κ3) is 4.68. The van der Waals surface area contributed by atoms with Gasteiger partial charge in [-0.1, -0.05) is 51.1 Å². The average Bonchev–Trinajstić information content (AvgIpc) is 3.05. The van der Waals surface area contributed by atoms with E-state index in [4.69, 9.17) is 4.74 Å². The molecular weight excluding hydrogens is 440 g/mol. The SMILES string of the molecule is CC(C)(C)c1ccc(S(=O)(=O)NCCC(=O)N2CCC3(CC2)OC(=O)c2ccccc23)cc1. The molecule has 0 radical (unpaired) electrons. The van der Waals surface area contributed by atoms with Crippen LogP contribution < -0.4 is 4.72 Å². The van der Waals surface area contributed by atoms with Crippen LogP contribution in [0.2, 0.25) is 0 Å². The van der Waals surface area contributed by atoms with Gasteiger partial charge in [-0.3, -0.25) is 4.79 Å². The number of hydrogen-bond acceptors (Lipinski definition) is 5. The smallest absolute Gasteiger partial charge is 0.339 e. The van der Waals surface area contributed by atoms with Gasteiger partial charge in [-0.2, -0.15) is 0 Å². The highest BCUT2D eigenvalue weighted by atomic mass is 32.2. The molecule has 0 unspecified atom stereocenters. The molecule has 0 aliphatic carbocycles. The fourth-order valence-electron chi connectivity index (χ4n) is 4.50. The number of fused-ring (bicyclic) bond motifs is 2. The van der Waals surface area contributed by atoms with Crippen molar-refractivity contribution < 1.29 is 22.7 Å². The van der Waals surface area contributed by atoms with E-state index in [2.05, 4.69) is 25.5 Å². The minimum absolute atomic E-state index is 0.0294. The van der Waals surface area contributed by atoms with E-state index in [1.54, 1.807) is 23.1 Å². The Labute approximate surface area is 195 Å². The van der Waals surface area contributed by atoms with Crippen LogP contribution >= 0.6 is 0 Å². The van der Waals surface area contributed by atoms with E-state index in [1.807, 2.05) is 30.3 Å². The molecule has 1 amide bonds. The molecule has 8 heteroatoms. The van der Waals surface area contributed by atoms with Crippen molar-refractivity contribution >= 4 is 21.9 Å². The molecule has 33 heavy (non-hydrogen) atoms. The lowest BCUT2D eigenvalue weighted by atomic mass is 9.83. The minimum Gasteiger partial charge on any atom is -0.450 e. The number of esters is 1. The number of nitrogens with one attached hydrogen (secondary N) is 1. The molecular formula is C25H30N2O5S. The lowest BCUT2D eigenvalue weighted by Gasteiger charge is -2.38. The van der Waals surface area contributed by atoms with Gasteiger partial charge in [0.1, 0.15) is 5.60 Å². The van der Waals surface area contributed by atoms with Gasteiger partial charge in [-0.05, 0) is 29.2 Å². The van der Waals surface area contributed by atoms with Gasteiger partial charge in [0.05, 0.1) is 10.5 Å². The van der Waals surface area contributed by atoms with Crippen molar-refractivity contribution in [2.24, 2.45) is 0 Å². The number of amides is 1. The molecule has 2 heterocycles. The normalized spacial score (nSPS) is 17.7. The van der Waals surface area contributed by atoms with Crippen LogP contribution in [0.25, 0.3) is 0 Å². The van der Waals surface area contributed by atoms with Gasteiger partial charge < -0.3 is 9.64 Å².